The zero-order chi connectivity index (χ0) is 25.2. The Morgan fingerprint density at radius 1 is 1.09 bits per heavy atom. The molecule has 1 fully saturated rings. The second-order valence-corrected chi connectivity index (χ2v) is 8.03. The predicted molar refractivity (Wildman–Crippen MR) is 121 cm³/mol. The van der Waals surface area contributed by atoms with Gasteiger partial charge in [0.2, 0.25) is 5.88 Å². The molecule has 1 saturated heterocycles. The number of nitrogens with two attached hydrogens (primary N) is 1. The number of nitrogens with zero attached hydrogens (tertiary/aromatic N) is 5. The van der Waals surface area contributed by atoms with Crippen LogP contribution in [0.25, 0.3) is 5.69 Å². The van der Waals surface area contributed by atoms with E-state index < -0.39 is 30.3 Å². The van der Waals surface area contributed by atoms with Gasteiger partial charge >= 0.3 is 6.18 Å². The van der Waals surface area contributed by atoms with Gasteiger partial charge in [0.05, 0.1) is 16.3 Å². The fraction of sp³-hybridized carbons (Fsp3) is 0.273. The SMILES string of the molecule is NC(=O)c1cccnc1N1CCN(C(=O)COc2cc(C(F)(F)F)nn2-c2ccccc2Cl)CC1. The summed E-state index contributed by atoms with van der Waals surface area (Å²) in [5.41, 5.74) is 4.70. The number of carbonyl (C=O) groups is 2. The first-order valence-corrected chi connectivity index (χ1v) is 10.9. The highest BCUT2D eigenvalue weighted by molar-refractivity contribution is 6.32. The highest BCUT2D eigenvalue weighted by Crippen LogP contribution is 2.33. The highest BCUT2D eigenvalue weighted by Gasteiger charge is 2.36. The van der Waals surface area contributed by atoms with Gasteiger partial charge in [-0.2, -0.15) is 23.0 Å². The molecular formula is C22H20ClF3N6O3. The van der Waals surface area contributed by atoms with Gasteiger partial charge in [-0.1, -0.05) is 23.7 Å². The third-order valence-corrected chi connectivity index (χ3v) is 5.69. The van der Waals surface area contributed by atoms with E-state index in [2.05, 4.69) is 10.1 Å². The number of halogens is 4. The molecular weight excluding hydrogens is 489 g/mol. The molecule has 13 heteroatoms. The third kappa shape index (κ3) is 5.32. The summed E-state index contributed by atoms with van der Waals surface area (Å²) >= 11 is 6.12. The van der Waals surface area contributed by atoms with Crippen molar-refractivity contribution in [2.75, 3.05) is 37.7 Å². The van der Waals surface area contributed by atoms with E-state index in [0.29, 0.717) is 32.0 Å². The minimum absolute atomic E-state index is 0.168. The zero-order valence-corrected chi connectivity index (χ0v) is 19.0. The third-order valence-electron chi connectivity index (χ3n) is 5.38. The minimum Gasteiger partial charge on any atom is -0.467 e. The van der Waals surface area contributed by atoms with E-state index in [1.807, 2.05) is 4.90 Å². The number of rotatable bonds is 6. The molecule has 0 bridgehead atoms. The van der Waals surface area contributed by atoms with Crippen molar-refractivity contribution in [2.45, 2.75) is 6.18 Å². The van der Waals surface area contributed by atoms with E-state index in [0.717, 1.165) is 10.7 Å². The maximum Gasteiger partial charge on any atom is 0.435 e. The molecule has 2 amide bonds. The van der Waals surface area contributed by atoms with E-state index in [1.54, 1.807) is 30.5 Å². The smallest absolute Gasteiger partial charge is 0.435 e. The van der Waals surface area contributed by atoms with Crippen LogP contribution in [0.3, 0.4) is 0 Å². The molecule has 0 unspecified atom stereocenters. The second-order valence-electron chi connectivity index (χ2n) is 7.62. The Hall–Kier alpha value is -3.80. The number of carbonyl (C=O) groups excluding carboxylic acids is 2. The van der Waals surface area contributed by atoms with E-state index in [9.17, 15) is 22.8 Å². The van der Waals surface area contributed by atoms with Crippen LogP contribution in [0.4, 0.5) is 19.0 Å². The van der Waals surface area contributed by atoms with Gasteiger partial charge < -0.3 is 20.3 Å². The van der Waals surface area contributed by atoms with Crippen molar-refractivity contribution in [1.29, 1.82) is 0 Å². The first-order chi connectivity index (χ1) is 16.6. The summed E-state index contributed by atoms with van der Waals surface area (Å²) in [5.74, 6) is -0.849. The number of amides is 2. The van der Waals surface area contributed by atoms with Crippen LogP contribution >= 0.6 is 11.6 Å². The lowest BCUT2D eigenvalue weighted by Crippen LogP contribution is -2.50. The van der Waals surface area contributed by atoms with E-state index >= 15 is 0 Å². The van der Waals surface area contributed by atoms with Crippen molar-refractivity contribution in [3.8, 4) is 11.6 Å². The van der Waals surface area contributed by atoms with Gasteiger partial charge in [-0.15, -0.1) is 0 Å². The monoisotopic (exact) mass is 508 g/mol. The van der Waals surface area contributed by atoms with Crippen LogP contribution in [0.2, 0.25) is 5.02 Å². The summed E-state index contributed by atoms with van der Waals surface area (Å²) < 4.78 is 46.2. The van der Waals surface area contributed by atoms with Crippen LogP contribution < -0.4 is 15.4 Å². The standard InChI is InChI=1S/C22H20ClF3N6O3/c23-15-5-1-2-6-16(15)32-19(12-17(29-32)22(24,25)26)35-13-18(33)30-8-10-31(11-9-30)21-14(20(27)34)4-3-7-28-21/h1-7,12H,8-11,13H2,(H2,27,34). The molecule has 1 aromatic carbocycles. The Morgan fingerprint density at radius 2 is 1.80 bits per heavy atom. The topological polar surface area (TPSA) is 107 Å². The summed E-state index contributed by atoms with van der Waals surface area (Å²) in [4.78, 5) is 32.0. The lowest BCUT2D eigenvalue weighted by Gasteiger charge is -2.35. The van der Waals surface area contributed by atoms with Gasteiger partial charge in [0, 0.05) is 38.4 Å². The predicted octanol–water partition coefficient (Wildman–Crippen LogP) is 2.77. The maximum atomic E-state index is 13.3. The molecule has 0 atom stereocenters. The molecule has 2 aromatic heterocycles. The van der Waals surface area contributed by atoms with Crippen molar-refractivity contribution in [3.05, 3.63) is 64.9 Å². The number of hydrogen-bond donors (Lipinski definition) is 1. The van der Waals surface area contributed by atoms with Crippen molar-refractivity contribution in [3.63, 3.8) is 0 Å². The summed E-state index contributed by atoms with van der Waals surface area (Å²) in [5, 5.41) is 3.74. The van der Waals surface area contributed by atoms with Crippen LogP contribution in [-0.2, 0) is 11.0 Å². The Labute approximate surface area is 202 Å². The Balaban J connectivity index is 1.44. The van der Waals surface area contributed by atoms with Crippen LogP contribution in [0.15, 0.2) is 48.7 Å². The summed E-state index contributed by atoms with van der Waals surface area (Å²) in [6, 6.07) is 10.1. The lowest BCUT2D eigenvalue weighted by atomic mass is 10.2. The number of hydrogen-bond acceptors (Lipinski definition) is 6. The molecule has 3 aromatic rings. The molecule has 4 rings (SSSR count). The molecule has 0 radical (unpaired) electrons. The molecule has 1 aliphatic rings. The Bertz CT molecular complexity index is 1240. The van der Waals surface area contributed by atoms with Crippen molar-refractivity contribution >= 4 is 29.2 Å². The summed E-state index contributed by atoms with van der Waals surface area (Å²) in [6.07, 6.45) is -3.16. The minimum atomic E-state index is -4.71. The number of benzene rings is 1. The quantitative estimate of drug-likeness (QED) is 0.549. The van der Waals surface area contributed by atoms with E-state index in [1.165, 1.54) is 17.0 Å². The molecule has 3 heterocycles. The van der Waals surface area contributed by atoms with Crippen molar-refractivity contribution in [2.24, 2.45) is 5.73 Å². The fourth-order valence-corrected chi connectivity index (χ4v) is 3.85. The van der Waals surface area contributed by atoms with Gasteiger partial charge in [0.25, 0.3) is 11.8 Å². The first-order valence-electron chi connectivity index (χ1n) is 10.5. The number of alkyl halides is 3. The Kier molecular flexibility index (Phi) is 6.83. The summed E-state index contributed by atoms with van der Waals surface area (Å²) in [6.45, 7) is 0.879. The number of pyridine rings is 1. The van der Waals surface area contributed by atoms with E-state index in [-0.39, 0.29) is 22.2 Å². The van der Waals surface area contributed by atoms with E-state index in [4.69, 9.17) is 22.1 Å². The number of aromatic nitrogens is 3. The van der Waals surface area contributed by atoms with Gasteiger partial charge in [-0.05, 0) is 24.3 Å². The van der Waals surface area contributed by atoms with Crippen LogP contribution in [0.1, 0.15) is 16.1 Å². The van der Waals surface area contributed by atoms with Gasteiger partial charge in [-0.25, -0.2) is 4.98 Å². The zero-order valence-electron chi connectivity index (χ0n) is 18.2. The van der Waals surface area contributed by atoms with Crippen molar-refractivity contribution in [1.82, 2.24) is 19.7 Å². The number of primary amides is 1. The molecule has 1 aliphatic heterocycles. The number of para-hydroxylation sites is 1. The highest BCUT2D eigenvalue weighted by atomic mass is 35.5. The fourth-order valence-electron chi connectivity index (χ4n) is 3.64. The number of ether oxygens (including phenoxy) is 1. The number of anilines is 1. The molecule has 35 heavy (non-hydrogen) atoms. The first kappa shape index (κ1) is 24.3. The lowest BCUT2D eigenvalue weighted by molar-refractivity contribution is -0.141. The van der Waals surface area contributed by atoms with Crippen LogP contribution in [0, 0.1) is 0 Å². The molecule has 2 N–H and O–H groups in total. The van der Waals surface area contributed by atoms with Gasteiger partial charge in [-0.3, -0.25) is 9.59 Å². The maximum absolute atomic E-state index is 13.3. The molecule has 0 spiro atoms. The largest absolute Gasteiger partial charge is 0.467 e. The van der Waals surface area contributed by atoms with Crippen molar-refractivity contribution < 1.29 is 27.5 Å². The summed E-state index contributed by atoms with van der Waals surface area (Å²) in [7, 11) is 0. The van der Waals surface area contributed by atoms with Gasteiger partial charge in [0.15, 0.2) is 12.3 Å². The number of piperazine rings is 1. The molecule has 9 nitrogen and oxygen atoms in total. The molecule has 184 valence electrons. The van der Waals surface area contributed by atoms with Crippen LogP contribution in [0.5, 0.6) is 5.88 Å². The normalized spacial score (nSPS) is 14.2. The van der Waals surface area contributed by atoms with Gasteiger partial charge in [0.1, 0.15) is 5.82 Å². The molecule has 0 aliphatic carbocycles. The van der Waals surface area contributed by atoms with Crippen LogP contribution in [-0.4, -0.2) is 64.3 Å². The average molecular weight is 509 g/mol. The Morgan fingerprint density at radius 3 is 2.46 bits per heavy atom. The second kappa shape index (κ2) is 9.82. The average Bonchev–Trinajstić information content (AvgIpc) is 3.27. The molecule has 0 saturated carbocycles.